The fourth-order valence-electron chi connectivity index (χ4n) is 2.83. The van der Waals surface area contributed by atoms with Gasteiger partial charge in [-0.3, -0.25) is 9.58 Å². The first kappa shape index (κ1) is 13.6. The number of hydrogen-bond donors (Lipinski definition) is 1. The summed E-state index contributed by atoms with van der Waals surface area (Å²) in [6.45, 7) is 4.21. The Bertz CT molecular complexity index is 352. The molecule has 0 radical (unpaired) electrons. The Morgan fingerprint density at radius 1 is 1.39 bits per heavy atom. The lowest BCUT2D eigenvalue weighted by atomic mass is 9.91. The quantitative estimate of drug-likeness (QED) is 0.869. The second-order valence-corrected chi connectivity index (χ2v) is 5.53. The molecule has 2 rings (SSSR count). The van der Waals surface area contributed by atoms with Crippen molar-refractivity contribution in [3.63, 3.8) is 0 Å². The summed E-state index contributed by atoms with van der Waals surface area (Å²) in [6.07, 6.45) is 7.86. The van der Waals surface area contributed by atoms with Crippen LogP contribution in [0.25, 0.3) is 0 Å². The highest BCUT2D eigenvalue weighted by Gasteiger charge is 2.22. The molecule has 102 valence electrons. The molecule has 1 saturated carbocycles. The monoisotopic (exact) mass is 250 g/mol. The highest BCUT2D eigenvalue weighted by molar-refractivity contribution is 5.01. The zero-order valence-corrected chi connectivity index (χ0v) is 11.7. The van der Waals surface area contributed by atoms with E-state index < -0.39 is 0 Å². The van der Waals surface area contributed by atoms with Gasteiger partial charge in [-0.1, -0.05) is 6.92 Å². The molecule has 1 heterocycles. The van der Waals surface area contributed by atoms with Gasteiger partial charge in [0.2, 0.25) is 0 Å². The Morgan fingerprint density at radius 2 is 2.11 bits per heavy atom. The maximum Gasteiger partial charge on any atom is 0.0524 e. The van der Waals surface area contributed by atoms with E-state index in [4.69, 9.17) is 5.73 Å². The summed E-state index contributed by atoms with van der Waals surface area (Å²) in [5.41, 5.74) is 7.29. The lowest BCUT2D eigenvalue weighted by molar-refractivity contribution is 0.172. The van der Waals surface area contributed by atoms with E-state index in [-0.39, 0.29) is 0 Å². The standard InChI is InChI=1S/C14H26N4/c1-3-10-18-14(8-9-16-18)11-17(2)13-6-4-12(15)5-7-13/h8-9,12-13H,3-7,10-11,15H2,1-2H3. The second-order valence-electron chi connectivity index (χ2n) is 5.53. The molecular weight excluding hydrogens is 224 g/mol. The third-order valence-corrected chi connectivity index (χ3v) is 4.02. The summed E-state index contributed by atoms with van der Waals surface area (Å²) >= 11 is 0. The summed E-state index contributed by atoms with van der Waals surface area (Å²) < 4.78 is 2.13. The SMILES string of the molecule is CCCn1nccc1CN(C)C1CCC(N)CC1. The Hall–Kier alpha value is -0.870. The molecule has 0 aliphatic heterocycles. The van der Waals surface area contributed by atoms with Crippen LogP contribution in [0.15, 0.2) is 12.3 Å². The second kappa shape index (κ2) is 6.34. The minimum Gasteiger partial charge on any atom is -0.328 e. The first-order chi connectivity index (χ1) is 8.70. The fourth-order valence-corrected chi connectivity index (χ4v) is 2.83. The zero-order chi connectivity index (χ0) is 13.0. The summed E-state index contributed by atoms with van der Waals surface area (Å²) in [4.78, 5) is 2.47. The van der Waals surface area contributed by atoms with Gasteiger partial charge in [-0.15, -0.1) is 0 Å². The average Bonchev–Trinajstić information content (AvgIpc) is 2.78. The topological polar surface area (TPSA) is 47.1 Å². The van der Waals surface area contributed by atoms with Gasteiger partial charge in [0.1, 0.15) is 0 Å². The molecule has 1 aromatic heterocycles. The van der Waals surface area contributed by atoms with E-state index in [1.54, 1.807) is 0 Å². The van der Waals surface area contributed by atoms with Crippen LogP contribution in [0.2, 0.25) is 0 Å². The number of nitrogens with two attached hydrogens (primary N) is 1. The molecule has 4 heteroatoms. The number of rotatable bonds is 5. The molecule has 0 saturated heterocycles. The molecule has 1 aliphatic rings. The summed E-state index contributed by atoms with van der Waals surface area (Å²) in [5, 5.41) is 4.39. The largest absolute Gasteiger partial charge is 0.328 e. The minimum atomic E-state index is 0.431. The molecule has 0 amide bonds. The van der Waals surface area contributed by atoms with E-state index in [1.807, 2.05) is 6.20 Å². The van der Waals surface area contributed by atoms with E-state index in [0.717, 1.165) is 19.5 Å². The number of nitrogens with zero attached hydrogens (tertiary/aromatic N) is 3. The van der Waals surface area contributed by atoms with Crippen LogP contribution in [-0.4, -0.2) is 33.8 Å². The third kappa shape index (κ3) is 3.33. The smallest absolute Gasteiger partial charge is 0.0524 e. The molecule has 0 unspecified atom stereocenters. The van der Waals surface area contributed by atoms with Crippen LogP contribution < -0.4 is 5.73 Å². The zero-order valence-electron chi connectivity index (χ0n) is 11.7. The van der Waals surface area contributed by atoms with Crippen molar-refractivity contribution in [1.29, 1.82) is 0 Å². The van der Waals surface area contributed by atoms with Crippen molar-refractivity contribution in [3.8, 4) is 0 Å². The highest BCUT2D eigenvalue weighted by Crippen LogP contribution is 2.22. The predicted octanol–water partition coefficient (Wildman–Crippen LogP) is 1.99. The van der Waals surface area contributed by atoms with Crippen LogP contribution in [0.1, 0.15) is 44.7 Å². The summed E-state index contributed by atoms with van der Waals surface area (Å²) in [6, 6.07) is 3.26. The van der Waals surface area contributed by atoms with Gasteiger partial charge in [0, 0.05) is 31.4 Å². The summed E-state index contributed by atoms with van der Waals surface area (Å²) in [5.74, 6) is 0. The minimum absolute atomic E-state index is 0.431. The number of hydrogen-bond acceptors (Lipinski definition) is 3. The molecule has 2 N–H and O–H groups in total. The van der Waals surface area contributed by atoms with Crippen LogP contribution in [0.3, 0.4) is 0 Å². The van der Waals surface area contributed by atoms with Crippen molar-refractivity contribution in [2.45, 2.75) is 64.2 Å². The van der Waals surface area contributed by atoms with E-state index in [2.05, 4.69) is 34.7 Å². The maximum absolute atomic E-state index is 5.96. The van der Waals surface area contributed by atoms with E-state index in [9.17, 15) is 0 Å². The van der Waals surface area contributed by atoms with Gasteiger partial charge in [-0.25, -0.2) is 0 Å². The third-order valence-electron chi connectivity index (χ3n) is 4.02. The molecule has 1 aliphatic carbocycles. The molecular formula is C14H26N4. The maximum atomic E-state index is 5.96. The Balaban J connectivity index is 1.90. The highest BCUT2D eigenvalue weighted by atomic mass is 15.3. The molecule has 0 aromatic carbocycles. The van der Waals surface area contributed by atoms with Crippen molar-refractivity contribution in [3.05, 3.63) is 18.0 Å². The van der Waals surface area contributed by atoms with E-state index in [1.165, 1.54) is 31.4 Å². The van der Waals surface area contributed by atoms with Crippen LogP contribution in [0.4, 0.5) is 0 Å². The molecule has 1 aromatic rings. The van der Waals surface area contributed by atoms with Gasteiger partial charge >= 0.3 is 0 Å². The number of aryl methyl sites for hydroxylation is 1. The van der Waals surface area contributed by atoms with E-state index >= 15 is 0 Å². The van der Waals surface area contributed by atoms with Gasteiger partial charge in [-0.05, 0) is 45.2 Å². The molecule has 0 atom stereocenters. The van der Waals surface area contributed by atoms with Crippen molar-refractivity contribution in [2.75, 3.05) is 7.05 Å². The van der Waals surface area contributed by atoms with Gasteiger partial charge in [0.05, 0.1) is 5.69 Å². The first-order valence-electron chi connectivity index (χ1n) is 7.17. The average molecular weight is 250 g/mol. The Morgan fingerprint density at radius 3 is 2.78 bits per heavy atom. The van der Waals surface area contributed by atoms with Crippen molar-refractivity contribution in [1.82, 2.24) is 14.7 Å². The Labute approximate surface area is 110 Å². The van der Waals surface area contributed by atoms with Gasteiger partial charge in [0.25, 0.3) is 0 Å². The molecule has 4 nitrogen and oxygen atoms in total. The van der Waals surface area contributed by atoms with Crippen molar-refractivity contribution < 1.29 is 0 Å². The predicted molar refractivity (Wildman–Crippen MR) is 74.2 cm³/mol. The van der Waals surface area contributed by atoms with Crippen molar-refractivity contribution >= 4 is 0 Å². The molecule has 18 heavy (non-hydrogen) atoms. The first-order valence-corrected chi connectivity index (χ1v) is 7.17. The summed E-state index contributed by atoms with van der Waals surface area (Å²) in [7, 11) is 2.23. The van der Waals surface area contributed by atoms with Gasteiger partial charge in [0.15, 0.2) is 0 Å². The Kier molecular flexibility index (Phi) is 4.78. The van der Waals surface area contributed by atoms with Crippen LogP contribution in [0, 0.1) is 0 Å². The normalized spacial score (nSPS) is 24.7. The van der Waals surface area contributed by atoms with Crippen molar-refractivity contribution in [2.24, 2.45) is 5.73 Å². The lowest BCUT2D eigenvalue weighted by Crippen LogP contribution is -2.38. The van der Waals surface area contributed by atoms with Crippen LogP contribution in [0.5, 0.6) is 0 Å². The number of aromatic nitrogens is 2. The van der Waals surface area contributed by atoms with E-state index in [0.29, 0.717) is 12.1 Å². The molecule has 0 spiro atoms. The molecule has 1 fully saturated rings. The van der Waals surface area contributed by atoms with Gasteiger partial charge < -0.3 is 5.73 Å². The van der Waals surface area contributed by atoms with Crippen LogP contribution in [-0.2, 0) is 13.1 Å². The fraction of sp³-hybridized carbons (Fsp3) is 0.786. The molecule has 0 bridgehead atoms. The lowest BCUT2D eigenvalue weighted by Gasteiger charge is -2.33. The van der Waals surface area contributed by atoms with Crippen LogP contribution >= 0.6 is 0 Å². The van der Waals surface area contributed by atoms with Gasteiger partial charge in [-0.2, -0.15) is 5.10 Å².